The Bertz CT molecular complexity index is 469. The number of amides is 1. The summed E-state index contributed by atoms with van der Waals surface area (Å²) in [4.78, 5) is 12.2. The normalized spacial score (nSPS) is 20.5. The Morgan fingerprint density at radius 2 is 1.72 bits per heavy atom. The van der Waals surface area contributed by atoms with Gasteiger partial charge in [-0.05, 0) is 41.5 Å². The van der Waals surface area contributed by atoms with E-state index in [0.717, 1.165) is 5.56 Å². The van der Waals surface area contributed by atoms with Crippen LogP contribution in [-0.2, 0) is 0 Å². The van der Waals surface area contributed by atoms with Gasteiger partial charge >= 0.3 is 0 Å². The first-order valence-electron chi connectivity index (χ1n) is 6.34. The van der Waals surface area contributed by atoms with Gasteiger partial charge in [-0.1, -0.05) is 27.7 Å². The molecule has 0 unspecified atom stereocenters. The highest BCUT2D eigenvalue weighted by Gasteiger charge is 2.65. The second-order valence-electron chi connectivity index (χ2n) is 6.48. The number of rotatable bonds is 2. The van der Waals surface area contributed by atoms with Crippen molar-refractivity contribution in [2.24, 2.45) is 10.8 Å². The molecule has 2 rings (SSSR count). The monoisotopic (exact) mass is 246 g/mol. The van der Waals surface area contributed by atoms with E-state index in [1.807, 2.05) is 19.1 Å². The summed E-state index contributed by atoms with van der Waals surface area (Å²) in [6.45, 7) is 10.7. The van der Waals surface area contributed by atoms with Crippen LogP contribution in [0.25, 0.3) is 0 Å². The number of aryl methyl sites for hydroxylation is 1. The zero-order valence-corrected chi connectivity index (χ0v) is 11.8. The van der Waals surface area contributed by atoms with Crippen LogP contribution in [0.1, 0.15) is 43.6 Å². The van der Waals surface area contributed by atoms with Crippen LogP contribution < -0.4 is 11.1 Å². The van der Waals surface area contributed by atoms with Gasteiger partial charge in [0.1, 0.15) is 0 Å². The molecule has 3 N–H and O–H groups in total. The van der Waals surface area contributed by atoms with E-state index in [9.17, 15) is 4.79 Å². The molecule has 0 aromatic heterocycles. The maximum Gasteiger partial charge on any atom is 0.251 e. The molecule has 1 amide bonds. The molecule has 0 atom stereocenters. The van der Waals surface area contributed by atoms with Gasteiger partial charge in [0.05, 0.1) is 0 Å². The molecule has 1 aliphatic rings. The van der Waals surface area contributed by atoms with Gasteiger partial charge in [0.15, 0.2) is 0 Å². The van der Waals surface area contributed by atoms with Gasteiger partial charge in [-0.2, -0.15) is 0 Å². The quantitative estimate of drug-likeness (QED) is 0.788. The molecule has 0 radical (unpaired) electrons. The second kappa shape index (κ2) is 3.74. The summed E-state index contributed by atoms with van der Waals surface area (Å²) in [5.41, 5.74) is 8.36. The summed E-state index contributed by atoms with van der Waals surface area (Å²) >= 11 is 0. The van der Waals surface area contributed by atoms with Gasteiger partial charge in [0.25, 0.3) is 5.91 Å². The van der Waals surface area contributed by atoms with E-state index in [2.05, 4.69) is 33.0 Å². The lowest BCUT2D eigenvalue weighted by molar-refractivity contribution is 0.0943. The van der Waals surface area contributed by atoms with Crippen molar-refractivity contribution in [1.82, 2.24) is 5.32 Å². The molecule has 0 saturated heterocycles. The first-order valence-corrected chi connectivity index (χ1v) is 6.34. The molecule has 0 bridgehead atoms. The molecule has 0 aliphatic heterocycles. The average molecular weight is 246 g/mol. The second-order valence-corrected chi connectivity index (χ2v) is 6.48. The largest absolute Gasteiger partial charge is 0.399 e. The fourth-order valence-corrected chi connectivity index (χ4v) is 2.72. The van der Waals surface area contributed by atoms with Crippen LogP contribution in [0.5, 0.6) is 0 Å². The molecule has 3 nitrogen and oxygen atoms in total. The minimum atomic E-state index is -0.0333. The first-order chi connectivity index (χ1) is 8.16. The van der Waals surface area contributed by atoms with Crippen LogP contribution in [0.3, 0.4) is 0 Å². The molecule has 0 heterocycles. The minimum absolute atomic E-state index is 0.0333. The third kappa shape index (κ3) is 1.88. The van der Waals surface area contributed by atoms with E-state index < -0.39 is 0 Å². The summed E-state index contributed by atoms with van der Waals surface area (Å²) in [6.07, 6.45) is 0. The zero-order valence-electron chi connectivity index (χ0n) is 11.8. The highest BCUT2D eigenvalue weighted by Crippen LogP contribution is 2.62. The Morgan fingerprint density at radius 3 is 2.17 bits per heavy atom. The molecule has 1 fully saturated rings. The topological polar surface area (TPSA) is 55.1 Å². The number of carbonyl (C=O) groups excluding carboxylic acids is 1. The number of hydrogen-bond donors (Lipinski definition) is 2. The van der Waals surface area contributed by atoms with Crippen molar-refractivity contribution >= 4 is 11.6 Å². The summed E-state index contributed by atoms with van der Waals surface area (Å²) in [6, 6.07) is 5.68. The number of hydrogen-bond acceptors (Lipinski definition) is 2. The lowest BCUT2D eigenvalue weighted by Crippen LogP contribution is -2.29. The number of nitrogens with one attached hydrogen (secondary N) is 1. The van der Waals surface area contributed by atoms with Crippen LogP contribution in [0, 0.1) is 17.8 Å². The predicted octanol–water partition coefficient (Wildman–Crippen LogP) is 2.74. The van der Waals surface area contributed by atoms with E-state index in [0.29, 0.717) is 11.3 Å². The molecule has 1 saturated carbocycles. The minimum Gasteiger partial charge on any atom is -0.399 e. The Balaban J connectivity index is 2.15. The number of nitrogens with two attached hydrogens (primary N) is 1. The van der Waals surface area contributed by atoms with Crippen LogP contribution in [-0.4, -0.2) is 11.9 Å². The molecule has 1 aromatic rings. The fraction of sp³-hybridized carbons (Fsp3) is 0.533. The average Bonchev–Trinajstić information content (AvgIpc) is 2.59. The smallest absolute Gasteiger partial charge is 0.251 e. The Morgan fingerprint density at radius 1 is 1.17 bits per heavy atom. The summed E-state index contributed by atoms with van der Waals surface area (Å²) in [7, 11) is 0. The number of nitrogen functional groups attached to an aromatic ring is 1. The standard InChI is InChI=1S/C15H22N2O/c1-9-6-10(8-11(16)7-9)12(18)17-13-14(2,3)15(13,4)5/h6-8,13H,16H2,1-5H3,(H,17,18). The lowest BCUT2D eigenvalue weighted by atomic mass is 10.0. The van der Waals surface area contributed by atoms with Crippen LogP contribution in [0.2, 0.25) is 0 Å². The van der Waals surface area contributed by atoms with E-state index in [1.54, 1.807) is 6.07 Å². The molecule has 3 heteroatoms. The Kier molecular flexibility index (Phi) is 2.69. The van der Waals surface area contributed by atoms with Gasteiger partial charge in [0.2, 0.25) is 0 Å². The van der Waals surface area contributed by atoms with Crippen molar-refractivity contribution in [2.75, 3.05) is 5.73 Å². The molecular weight excluding hydrogens is 224 g/mol. The van der Waals surface area contributed by atoms with Gasteiger partial charge < -0.3 is 11.1 Å². The molecular formula is C15H22N2O. The maximum absolute atomic E-state index is 12.2. The van der Waals surface area contributed by atoms with E-state index >= 15 is 0 Å². The third-order valence-electron chi connectivity index (χ3n) is 4.66. The highest BCUT2D eigenvalue weighted by molar-refractivity contribution is 5.95. The van der Waals surface area contributed by atoms with Crippen molar-refractivity contribution in [3.05, 3.63) is 29.3 Å². The SMILES string of the molecule is Cc1cc(N)cc(C(=O)NC2C(C)(C)C2(C)C)c1. The lowest BCUT2D eigenvalue weighted by Gasteiger charge is -2.08. The molecule has 1 aromatic carbocycles. The Hall–Kier alpha value is -1.51. The number of carbonyl (C=O) groups is 1. The number of anilines is 1. The van der Waals surface area contributed by atoms with Gasteiger partial charge in [-0.3, -0.25) is 4.79 Å². The zero-order chi connectivity index (χ0) is 13.7. The summed E-state index contributed by atoms with van der Waals surface area (Å²) in [5, 5.41) is 3.11. The van der Waals surface area contributed by atoms with Crippen molar-refractivity contribution < 1.29 is 4.79 Å². The molecule has 18 heavy (non-hydrogen) atoms. The predicted molar refractivity (Wildman–Crippen MR) is 74.4 cm³/mol. The van der Waals surface area contributed by atoms with E-state index in [-0.39, 0.29) is 22.8 Å². The van der Waals surface area contributed by atoms with Crippen molar-refractivity contribution in [3.63, 3.8) is 0 Å². The first kappa shape index (κ1) is 12.9. The van der Waals surface area contributed by atoms with Gasteiger partial charge in [-0.25, -0.2) is 0 Å². The van der Waals surface area contributed by atoms with Crippen LogP contribution in [0.4, 0.5) is 5.69 Å². The van der Waals surface area contributed by atoms with Crippen molar-refractivity contribution in [2.45, 2.75) is 40.7 Å². The van der Waals surface area contributed by atoms with Crippen LogP contribution >= 0.6 is 0 Å². The molecule has 0 spiro atoms. The highest BCUT2D eigenvalue weighted by atomic mass is 16.1. The summed E-state index contributed by atoms with van der Waals surface area (Å²) in [5.74, 6) is -0.0333. The van der Waals surface area contributed by atoms with E-state index in [4.69, 9.17) is 5.73 Å². The van der Waals surface area contributed by atoms with Crippen molar-refractivity contribution in [3.8, 4) is 0 Å². The number of benzene rings is 1. The van der Waals surface area contributed by atoms with Crippen molar-refractivity contribution in [1.29, 1.82) is 0 Å². The maximum atomic E-state index is 12.2. The summed E-state index contributed by atoms with van der Waals surface area (Å²) < 4.78 is 0. The van der Waals surface area contributed by atoms with Gasteiger partial charge in [0, 0.05) is 17.3 Å². The Labute approximate surface area is 109 Å². The molecule has 1 aliphatic carbocycles. The third-order valence-corrected chi connectivity index (χ3v) is 4.66. The molecule has 98 valence electrons. The fourth-order valence-electron chi connectivity index (χ4n) is 2.72. The van der Waals surface area contributed by atoms with E-state index in [1.165, 1.54) is 0 Å². The van der Waals surface area contributed by atoms with Crippen LogP contribution in [0.15, 0.2) is 18.2 Å². The van der Waals surface area contributed by atoms with Gasteiger partial charge in [-0.15, -0.1) is 0 Å².